The van der Waals surface area contributed by atoms with Gasteiger partial charge in [-0.1, -0.05) is 6.08 Å². The van der Waals surface area contributed by atoms with Crippen LogP contribution in [0.15, 0.2) is 34.0 Å². The SMILES string of the molecule is C=CCc1c(O)c(CN2CCN(CCO)CC2)cc2c(C)cc(=O)oc12. The number of benzene rings is 1. The van der Waals surface area contributed by atoms with E-state index in [9.17, 15) is 9.90 Å². The standard InChI is InChI=1S/C20H26N2O4/c1-3-4-16-19(25)15(12-17-14(2)11-18(24)26-20(16)17)13-22-7-5-21(6-8-22)9-10-23/h3,11-12,23,25H,1,4-10,13H2,2H3. The number of piperazine rings is 1. The van der Waals surface area contributed by atoms with Crippen molar-refractivity contribution >= 4 is 11.0 Å². The Bertz CT molecular complexity index is 851. The van der Waals surface area contributed by atoms with Gasteiger partial charge in [-0.15, -0.1) is 6.58 Å². The van der Waals surface area contributed by atoms with Gasteiger partial charge < -0.3 is 14.6 Å². The second-order valence-electron chi connectivity index (χ2n) is 6.82. The monoisotopic (exact) mass is 358 g/mol. The molecule has 1 fully saturated rings. The number of aryl methyl sites for hydroxylation is 1. The Hall–Kier alpha value is -2.15. The average molecular weight is 358 g/mol. The van der Waals surface area contributed by atoms with Gasteiger partial charge in [-0.05, 0) is 25.0 Å². The van der Waals surface area contributed by atoms with E-state index >= 15 is 0 Å². The van der Waals surface area contributed by atoms with E-state index < -0.39 is 5.63 Å². The topological polar surface area (TPSA) is 77.1 Å². The molecule has 2 aromatic rings. The van der Waals surface area contributed by atoms with E-state index in [1.165, 1.54) is 6.07 Å². The van der Waals surface area contributed by atoms with Crippen LogP contribution in [0.2, 0.25) is 0 Å². The minimum Gasteiger partial charge on any atom is -0.507 e. The van der Waals surface area contributed by atoms with Crippen LogP contribution in [0.25, 0.3) is 11.0 Å². The smallest absolute Gasteiger partial charge is 0.336 e. The lowest BCUT2D eigenvalue weighted by atomic mass is 9.99. The molecule has 0 radical (unpaired) electrons. The van der Waals surface area contributed by atoms with Crippen LogP contribution in [-0.4, -0.2) is 59.3 Å². The Morgan fingerprint density at radius 2 is 1.92 bits per heavy atom. The highest BCUT2D eigenvalue weighted by atomic mass is 16.4. The number of aliphatic hydroxyl groups is 1. The van der Waals surface area contributed by atoms with E-state index in [1.807, 2.05) is 13.0 Å². The molecule has 140 valence electrons. The molecule has 0 bridgehead atoms. The summed E-state index contributed by atoms with van der Waals surface area (Å²) in [4.78, 5) is 16.3. The van der Waals surface area contributed by atoms with Gasteiger partial charge in [0.15, 0.2) is 0 Å². The van der Waals surface area contributed by atoms with Crippen LogP contribution in [0.5, 0.6) is 5.75 Å². The molecule has 0 amide bonds. The molecule has 1 saturated heterocycles. The average Bonchev–Trinajstić information content (AvgIpc) is 2.61. The zero-order valence-corrected chi connectivity index (χ0v) is 15.2. The summed E-state index contributed by atoms with van der Waals surface area (Å²) in [6, 6.07) is 3.41. The molecule has 2 N–H and O–H groups in total. The molecule has 1 aromatic heterocycles. The first kappa shape index (κ1) is 18.6. The summed E-state index contributed by atoms with van der Waals surface area (Å²) >= 11 is 0. The summed E-state index contributed by atoms with van der Waals surface area (Å²) in [5.74, 6) is 0.184. The molecule has 0 spiro atoms. The fraction of sp³-hybridized carbons (Fsp3) is 0.450. The number of fused-ring (bicyclic) bond motifs is 1. The zero-order valence-electron chi connectivity index (χ0n) is 15.2. The quantitative estimate of drug-likeness (QED) is 0.604. The Kier molecular flexibility index (Phi) is 5.76. The second kappa shape index (κ2) is 8.03. The maximum atomic E-state index is 11.8. The Labute approximate surface area is 153 Å². The van der Waals surface area contributed by atoms with Crippen LogP contribution in [0, 0.1) is 6.92 Å². The molecule has 0 aliphatic carbocycles. The van der Waals surface area contributed by atoms with Crippen molar-refractivity contribution in [3.05, 3.63) is 51.9 Å². The molecule has 1 aliphatic heterocycles. The van der Waals surface area contributed by atoms with E-state index in [0.717, 1.165) is 42.7 Å². The lowest BCUT2D eigenvalue weighted by Crippen LogP contribution is -2.46. The first-order valence-electron chi connectivity index (χ1n) is 8.98. The molecule has 1 aromatic carbocycles. The number of aliphatic hydroxyl groups excluding tert-OH is 1. The third kappa shape index (κ3) is 3.82. The summed E-state index contributed by atoms with van der Waals surface area (Å²) < 4.78 is 5.39. The van der Waals surface area contributed by atoms with Crippen molar-refractivity contribution in [3.63, 3.8) is 0 Å². The van der Waals surface area contributed by atoms with Gasteiger partial charge in [-0.3, -0.25) is 9.80 Å². The van der Waals surface area contributed by atoms with E-state index in [2.05, 4.69) is 16.4 Å². The minimum atomic E-state index is -0.410. The Balaban J connectivity index is 1.92. The number of allylic oxidation sites excluding steroid dienone is 1. The van der Waals surface area contributed by atoms with Crippen LogP contribution in [0.4, 0.5) is 0 Å². The van der Waals surface area contributed by atoms with Gasteiger partial charge >= 0.3 is 5.63 Å². The number of phenols is 1. The molecule has 0 unspecified atom stereocenters. The summed E-state index contributed by atoms with van der Waals surface area (Å²) in [5.41, 5.74) is 2.33. The highest BCUT2D eigenvalue weighted by Crippen LogP contribution is 2.33. The lowest BCUT2D eigenvalue weighted by Gasteiger charge is -2.34. The molecule has 0 atom stereocenters. The molecule has 6 heteroatoms. The number of phenolic OH excluding ortho intramolecular Hbond substituents is 1. The van der Waals surface area contributed by atoms with Gasteiger partial charge in [0.2, 0.25) is 0 Å². The van der Waals surface area contributed by atoms with Gasteiger partial charge in [0.1, 0.15) is 11.3 Å². The Morgan fingerprint density at radius 3 is 2.58 bits per heavy atom. The van der Waals surface area contributed by atoms with E-state index in [-0.39, 0.29) is 12.4 Å². The van der Waals surface area contributed by atoms with Crippen LogP contribution < -0.4 is 5.63 Å². The second-order valence-corrected chi connectivity index (χ2v) is 6.82. The summed E-state index contributed by atoms with van der Waals surface area (Å²) in [5, 5.41) is 20.7. The normalized spacial score (nSPS) is 16.2. The maximum absolute atomic E-state index is 11.8. The van der Waals surface area contributed by atoms with Crippen molar-refractivity contribution in [2.75, 3.05) is 39.3 Å². The maximum Gasteiger partial charge on any atom is 0.336 e. The van der Waals surface area contributed by atoms with Crippen LogP contribution in [-0.2, 0) is 13.0 Å². The fourth-order valence-corrected chi connectivity index (χ4v) is 3.57. The van der Waals surface area contributed by atoms with Crippen molar-refractivity contribution in [1.29, 1.82) is 0 Å². The van der Waals surface area contributed by atoms with Gasteiger partial charge in [-0.25, -0.2) is 4.79 Å². The zero-order chi connectivity index (χ0) is 18.7. The van der Waals surface area contributed by atoms with Crippen LogP contribution in [0.1, 0.15) is 16.7 Å². The molecular weight excluding hydrogens is 332 g/mol. The molecule has 6 nitrogen and oxygen atoms in total. The van der Waals surface area contributed by atoms with Crippen molar-refractivity contribution < 1.29 is 14.6 Å². The molecule has 26 heavy (non-hydrogen) atoms. The minimum absolute atomic E-state index is 0.181. The van der Waals surface area contributed by atoms with Gasteiger partial charge in [0, 0.05) is 61.8 Å². The number of nitrogens with zero attached hydrogens (tertiary/aromatic N) is 2. The highest BCUT2D eigenvalue weighted by Gasteiger charge is 2.21. The number of hydrogen-bond acceptors (Lipinski definition) is 6. The predicted octanol–water partition coefficient (Wildman–Crippen LogP) is 1.65. The first-order valence-corrected chi connectivity index (χ1v) is 8.98. The largest absolute Gasteiger partial charge is 0.507 e. The molecule has 3 rings (SSSR count). The van der Waals surface area contributed by atoms with Crippen molar-refractivity contribution in [2.45, 2.75) is 19.9 Å². The highest BCUT2D eigenvalue weighted by molar-refractivity contribution is 5.86. The van der Waals surface area contributed by atoms with Crippen molar-refractivity contribution in [2.24, 2.45) is 0 Å². The van der Waals surface area contributed by atoms with Gasteiger partial charge in [0.25, 0.3) is 0 Å². The summed E-state index contributed by atoms with van der Waals surface area (Å²) in [6.07, 6.45) is 2.14. The molecular formula is C20H26N2O4. The summed E-state index contributed by atoms with van der Waals surface area (Å²) in [7, 11) is 0. The third-order valence-electron chi connectivity index (χ3n) is 5.01. The van der Waals surface area contributed by atoms with Gasteiger partial charge in [-0.2, -0.15) is 0 Å². The fourth-order valence-electron chi connectivity index (χ4n) is 3.57. The van der Waals surface area contributed by atoms with Crippen molar-refractivity contribution in [1.82, 2.24) is 9.80 Å². The number of aromatic hydroxyl groups is 1. The summed E-state index contributed by atoms with van der Waals surface area (Å²) in [6.45, 7) is 10.7. The third-order valence-corrected chi connectivity index (χ3v) is 5.01. The van der Waals surface area contributed by atoms with Crippen LogP contribution >= 0.6 is 0 Å². The number of hydrogen-bond donors (Lipinski definition) is 2. The molecule has 0 saturated carbocycles. The number of β-amino-alcohol motifs (C(OH)–C–C–N with tert-alkyl or cyclic N) is 1. The van der Waals surface area contributed by atoms with Crippen molar-refractivity contribution in [3.8, 4) is 5.75 Å². The molecule has 2 heterocycles. The van der Waals surface area contributed by atoms with Crippen LogP contribution in [0.3, 0.4) is 0 Å². The predicted molar refractivity (Wildman–Crippen MR) is 102 cm³/mol. The Morgan fingerprint density at radius 1 is 1.23 bits per heavy atom. The van der Waals surface area contributed by atoms with E-state index in [0.29, 0.717) is 30.7 Å². The van der Waals surface area contributed by atoms with Gasteiger partial charge in [0.05, 0.1) is 6.61 Å². The molecule has 1 aliphatic rings. The van der Waals surface area contributed by atoms with E-state index in [4.69, 9.17) is 9.52 Å². The van der Waals surface area contributed by atoms with E-state index in [1.54, 1.807) is 6.08 Å². The number of rotatable bonds is 6. The lowest BCUT2D eigenvalue weighted by molar-refractivity contribution is 0.108. The first-order chi connectivity index (χ1) is 12.5.